The van der Waals surface area contributed by atoms with Gasteiger partial charge in [0, 0.05) is 6.61 Å². The van der Waals surface area contributed by atoms with Gasteiger partial charge in [-0.25, -0.2) is 4.79 Å². The summed E-state index contributed by atoms with van der Waals surface area (Å²) in [5.41, 5.74) is 0.565. The van der Waals surface area contributed by atoms with Crippen LogP contribution in [0.2, 0.25) is 0 Å². The standard InChI is InChI=1S/C19H28O5/c1-19(2,3)24-23-18(21)17(20)13-9-4-5-10-14-22-15-16-11-7-6-8-12-16/h6-9,11-13,17,20H,4-5,10,14-15H2,1-3H3/b13-9+/t17-/m0/s1. The van der Waals surface area contributed by atoms with Crippen molar-refractivity contribution in [1.82, 2.24) is 0 Å². The number of aliphatic hydroxyl groups excluding tert-OH is 1. The van der Waals surface area contributed by atoms with Crippen LogP contribution in [0.1, 0.15) is 45.6 Å². The van der Waals surface area contributed by atoms with E-state index in [1.165, 1.54) is 6.08 Å². The van der Waals surface area contributed by atoms with Crippen LogP contribution in [0.4, 0.5) is 0 Å². The predicted molar refractivity (Wildman–Crippen MR) is 92.0 cm³/mol. The van der Waals surface area contributed by atoms with E-state index in [1.807, 2.05) is 30.3 Å². The minimum atomic E-state index is -1.30. The van der Waals surface area contributed by atoms with Crippen LogP contribution in [-0.2, 0) is 25.9 Å². The second-order valence-corrected chi connectivity index (χ2v) is 6.51. The number of unbranched alkanes of at least 4 members (excludes halogenated alkanes) is 2. The van der Waals surface area contributed by atoms with Crippen molar-refractivity contribution in [2.75, 3.05) is 6.61 Å². The summed E-state index contributed by atoms with van der Waals surface area (Å²) in [5.74, 6) is -0.813. The van der Waals surface area contributed by atoms with Gasteiger partial charge < -0.3 is 9.84 Å². The molecule has 0 saturated heterocycles. The Morgan fingerprint density at radius 3 is 2.58 bits per heavy atom. The van der Waals surface area contributed by atoms with Gasteiger partial charge in [-0.2, -0.15) is 4.89 Å². The third-order valence-corrected chi connectivity index (χ3v) is 2.95. The van der Waals surface area contributed by atoms with Gasteiger partial charge in [0.25, 0.3) is 0 Å². The second-order valence-electron chi connectivity index (χ2n) is 6.51. The number of benzene rings is 1. The first-order chi connectivity index (χ1) is 11.4. The molecule has 0 saturated carbocycles. The molecule has 0 aliphatic rings. The van der Waals surface area contributed by atoms with Crippen LogP contribution in [0.25, 0.3) is 0 Å². The largest absolute Gasteiger partial charge is 0.377 e. The Morgan fingerprint density at radius 2 is 1.92 bits per heavy atom. The number of hydrogen-bond acceptors (Lipinski definition) is 5. The van der Waals surface area contributed by atoms with Gasteiger partial charge in [0.1, 0.15) is 5.60 Å². The zero-order chi connectivity index (χ0) is 17.8. The average molecular weight is 336 g/mol. The first kappa shape index (κ1) is 20.4. The third-order valence-electron chi connectivity index (χ3n) is 2.95. The van der Waals surface area contributed by atoms with E-state index in [-0.39, 0.29) is 0 Å². The molecular weight excluding hydrogens is 308 g/mol. The Morgan fingerprint density at radius 1 is 1.21 bits per heavy atom. The predicted octanol–water partition coefficient (Wildman–Crippen LogP) is 3.56. The SMILES string of the molecule is CC(C)(C)OOC(=O)[C@@H](O)/C=C/CCCCOCc1ccccc1. The van der Waals surface area contributed by atoms with Crippen molar-refractivity contribution in [3.05, 3.63) is 48.0 Å². The molecule has 0 heterocycles. The van der Waals surface area contributed by atoms with Gasteiger partial charge in [-0.3, -0.25) is 4.89 Å². The summed E-state index contributed by atoms with van der Waals surface area (Å²) in [7, 11) is 0. The Bertz CT molecular complexity index is 490. The highest BCUT2D eigenvalue weighted by Gasteiger charge is 2.19. The molecule has 24 heavy (non-hydrogen) atoms. The number of hydrogen-bond donors (Lipinski definition) is 1. The summed E-state index contributed by atoms with van der Waals surface area (Å²) >= 11 is 0. The van der Waals surface area contributed by atoms with E-state index < -0.39 is 17.7 Å². The smallest absolute Gasteiger partial charge is 0.374 e. The highest BCUT2D eigenvalue weighted by molar-refractivity contribution is 5.75. The fraction of sp³-hybridized carbons (Fsp3) is 0.526. The molecule has 0 aliphatic heterocycles. The first-order valence-electron chi connectivity index (χ1n) is 8.24. The summed E-state index contributed by atoms with van der Waals surface area (Å²) in [6.07, 6.45) is 4.48. The molecule has 0 fully saturated rings. The minimum Gasteiger partial charge on any atom is -0.377 e. The molecule has 0 unspecified atom stereocenters. The number of aliphatic hydroxyl groups is 1. The lowest BCUT2D eigenvalue weighted by Gasteiger charge is -2.17. The van der Waals surface area contributed by atoms with Crippen LogP contribution >= 0.6 is 0 Å². The maximum absolute atomic E-state index is 11.5. The molecule has 1 aromatic carbocycles. The molecular formula is C19H28O5. The van der Waals surface area contributed by atoms with Crippen molar-refractivity contribution in [3.8, 4) is 0 Å². The van der Waals surface area contributed by atoms with E-state index in [2.05, 4.69) is 4.89 Å². The number of carbonyl (C=O) groups excluding carboxylic acids is 1. The Kier molecular flexibility index (Phi) is 9.30. The number of allylic oxidation sites excluding steroid dienone is 1. The first-order valence-corrected chi connectivity index (χ1v) is 8.24. The quantitative estimate of drug-likeness (QED) is 0.306. The van der Waals surface area contributed by atoms with Crippen LogP contribution in [0.15, 0.2) is 42.5 Å². The minimum absolute atomic E-state index is 0.598. The summed E-state index contributed by atoms with van der Waals surface area (Å²) < 4.78 is 5.59. The van der Waals surface area contributed by atoms with Gasteiger partial charge in [-0.15, -0.1) is 0 Å². The lowest BCUT2D eigenvalue weighted by Crippen LogP contribution is -2.27. The molecule has 1 atom stereocenters. The Labute approximate surface area is 144 Å². The fourth-order valence-corrected chi connectivity index (χ4v) is 1.75. The summed E-state index contributed by atoms with van der Waals surface area (Å²) in [6.45, 7) is 6.56. The number of carbonyl (C=O) groups is 1. The molecule has 0 bridgehead atoms. The summed E-state index contributed by atoms with van der Waals surface area (Å²) in [5, 5.41) is 9.62. The fourth-order valence-electron chi connectivity index (χ4n) is 1.75. The molecule has 1 N–H and O–H groups in total. The van der Waals surface area contributed by atoms with Gasteiger partial charge in [0.15, 0.2) is 6.10 Å². The lowest BCUT2D eigenvalue weighted by atomic mass is 10.2. The zero-order valence-corrected chi connectivity index (χ0v) is 14.7. The lowest BCUT2D eigenvalue weighted by molar-refractivity contribution is -0.323. The van der Waals surface area contributed by atoms with Crippen molar-refractivity contribution in [2.24, 2.45) is 0 Å². The van der Waals surface area contributed by atoms with E-state index in [1.54, 1.807) is 26.8 Å². The van der Waals surface area contributed by atoms with Crippen LogP contribution in [-0.4, -0.2) is 29.4 Å². The zero-order valence-electron chi connectivity index (χ0n) is 14.7. The van der Waals surface area contributed by atoms with E-state index in [4.69, 9.17) is 9.62 Å². The van der Waals surface area contributed by atoms with Crippen LogP contribution in [0.3, 0.4) is 0 Å². The Balaban J connectivity index is 2.05. The van der Waals surface area contributed by atoms with E-state index in [0.717, 1.165) is 24.8 Å². The average Bonchev–Trinajstić information content (AvgIpc) is 2.55. The van der Waals surface area contributed by atoms with E-state index in [0.29, 0.717) is 13.2 Å². The number of rotatable bonds is 10. The maximum Gasteiger partial charge on any atom is 0.374 e. The molecule has 1 rings (SSSR count). The van der Waals surface area contributed by atoms with Crippen molar-refractivity contribution in [1.29, 1.82) is 0 Å². The summed E-state index contributed by atoms with van der Waals surface area (Å²) in [6, 6.07) is 10.0. The Hall–Kier alpha value is -1.69. The van der Waals surface area contributed by atoms with E-state index in [9.17, 15) is 9.90 Å². The molecule has 0 spiro atoms. The number of ether oxygens (including phenoxy) is 1. The molecule has 0 aromatic heterocycles. The molecule has 0 aliphatic carbocycles. The molecule has 134 valence electrons. The monoisotopic (exact) mass is 336 g/mol. The van der Waals surface area contributed by atoms with Gasteiger partial charge in [-0.05, 0) is 51.7 Å². The van der Waals surface area contributed by atoms with Gasteiger partial charge in [0.2, 0.25) is 0 Å². The van der Waals surface area contributed by atoms with Crippen molar-refractivity contribution in [3.63, 3.8) is 0 Å². The molecule has 0 amide bonds. The van der Waals surface area contributed by atoms with Crippen molar-refractivity contribution in [2.45, 2.75) is 58.3 Å². The third kappa shape index (κ3) is 10.2. The maximum atomic E-state index is 11.5. The summed E-state index contributed by atoms with van der Waals surface area (Å²) in [4.78, 5) is 20.9. The molecule has 1 aromatic rings. The topological polar surface area (TPSA) is 65.0 Å². The molecule has 0 radical (unpaired) electrons. The van der Waals surface area contributed by atoms with E-state index >= 15 is 0 Å². The highest BCUT2D eigenvalue weighted by atomic mass is 17.2. The second kappa shape index (κ2) is 11.0. The normalized spacial score (nSPS) is 13.2. The highest BCUT2D eigenvalue weighted by Crippen LogP contribution is 2.08. The molecule has 5 nitrogen and oxygen atoms in total. The van der Waals surface area contributed by atoms with Crippen LogP contribution < -0.4 is 0 Å². The van der Waals surface area contributed by atoms with Crippen LogP contribution in [0.5, 0.6) is 0 Å². The van der Waals surface area contributed by atoms with Crippen molar-refractivity contribution < 1.29 is 24.4 Å². The van der Waals surface area contributed by atoms with Gasteiger partial charge in [0.05, 0.1) is 6.61 Å². The van der Waals surface area contributed by atoms with Gasteiger partial charge >= 0.3 is 5.97 Å². The molecule has 5 heteroatoms. The van der Waals surface area contributed by atoms with Crippen LogP contribution in [0, 0.1) is 0 Å². The van der Waals surface area contributed by atoms with Gasteiger partial charge in [-0.1, -0.05) is 36.4 Å². The van der Waals surface area contributed by atoms with Crippen molar-refractivity contribution >= 4 is 5.97 Å².